The van der Waals surface area contributed by atoms with Crippen molar-refractivity contribution in [2.45, 2.75) is 0 Å². The van der Waals surface area contributed by atoms with Crippen molar-refractivity contribution in [1.82, 2.24) is 19.9 Å². The van der Waals surface area contributed by atoms with E-state index in [1.807, 2.05) is 72.8 Å². The van der Waals surface area contributed by atoms with E-state index in [-0.39, 0.29) is 0 Å². The van der Waals surface area contributed by atoms with Crippen LogP contribution < -0.4 is 0 Å². The highest BCUT2D eigenvalue weighted by atomic mass is 14.9. The molecule has 0 aliphatic heterocycles. The zero-order valence-electron chi connectivity index (χ0n) is 31.6. The predicted molar refractivity (Wildman–Crippen MR) is 239 cm³/mol. The van der Waals surface area contributed by atoms with Crippen molar-refractivity contribution in [1.29, 1.82) is 0 Å². The molecule has 2 aromatic heterocycles. The van der Waals surface area contributed by atoms with Crippen LogP contribution in [0.2, 0.25) is 0 Å². The van der Waals surface area contributed by atoms with Crippen molar-refractivity contribution in [2.75, 3.05) is 0 Å². The van der Waals surface area contributed by atoms with Crippen molar-refractivity contribution < 1.29 is 0 Å². The van der Waals surface area contributed by atoms with Crippen molar-refractivity contribution in [3.63, 3.8) is 0 Å². The molecule has 10 rings (SSSR count). The van der Waals surface area contributed by atoms with Gasteiger partial charge in [0.15, 0.2) is 11.6 Å². The number of hydrogen-bond acceptors (Lipinski definition) is 4. The van der Waals surface area contributed by atoms with Gasteiger partial charge in [-0.3, -0.25) is 0 Å². The van der Waals surface area contributed by atoms with E-state index in [0.29, 0.717) is 11.6 Å². The zero-order chi connectivity index (χ0) is 38.7. The highest BCUT2D eigenvalue weighted by Crippen LogP contribution is 2.37. The second-order valence-electron chi connectivity index (χ2n) is 14.2. The first-order valence-corrected chi connectivity index (χ1v) is 19.5. The fraction of sp³-hybridized carbons (Fsp3) is 0. The Morgan fingerprint density at radius 1 is 0.207 bits per heavy atom. The smallest absolute Gasteiger partial charge is 0.160 e. The summed E-state index contributed by atoms with van der Waals surface area (Å²) in [6.07, 6.45) is 0. The maximum Gasteiger partial charge on any atom is 0.160 e. The minimum atomic E-state index is 0.710. The van der Waals surface area contributed by atoms with Gasteiger partial charge in [0.05, 0.1) is 22.8 Å². The monoisotopic (exact) mass is 740 g/mol. The Kier molecular flexibility index (Phi) is 9.18. The molecule has 0 radical (unpaired) electrons. The van der Waals surface area contributed by atoms with Gasteiger partial charge >= 0.3 is 0 Å². The lowest BCUT2D eigenvalue weighted by Crippen LogP contribution is -1.96. The molecule has 0 N–H and O–H groups in total. The Morgan fingerprint density at radius 3 is 0.810 bits per heavy atom. The standard InChI is InChI=1S/C54H36N4/c1-5-15-39(16-6-1)49-35-51(57-53(55-49)43-19-9-3-10-20-43)41-31-27-37(28-32-41)45-23-13-26-48-46(24-14-25-47(45)48)38-29-33-42(34-30-38)52-36-50(40-17-7-2-8-18-40)56-54(58-52)44-21-11-4-12-22-44/h1-36H. The fourth-order valence-electron chi connectivity index (χ4n) is 7.59. The normalized spacial score (nSPS) is 11.1. The lowest BCUT2D eigenvalue weighted by Gasteiger charge is -2.13. The molecule has 0 unspecified atom stereocenters. The molecule has 0 aliphatic rings. The van der Waals surface area contributed by atoms with Crippen LogP contribution in [-0.4, -0.2) is 19.9 Å². The maximum absolute atomic E-state index is 5.04. The highest BCUT2D eigenvalue weighted by molar-refractivity contribution is 6.04. The molecular formula is C54H36N4. The Labute approximate surface area is 337 Å². The van der Waals surface area contributed by atoms with Crippen molar-refractivity contribution in [3.05, 3.63) is 218 Å². The van der Waals surface area contributed by atoms with E-state index in [1.54, 1.807) is 0 Å². The van der Waals surface area contributed by atoms with Crippen LogP contribution in [0.5, 0.6) is 0 Å². The molecule has 0 saturated heterocycles. The number of hydrogen-bond donors (Lipinski definition) is 0. The number of aromatic nitrogens is 4. The van der Waals surface area contributed by atoms with Gasteiger partial charge in [-0.05, 0) is 45.2 Å². The van der Waals surface area contributed by atoms with Gasteiger partial charge in [0.2, 0.25) is 0 Å². The third-order valence-electron chi connectivity index (χ3n) is 10.6. The van der Waals surface area contributed by atoms with Gasteiger partial charge in [-0.15, -0.1) is 0 Å². The zero-order valence-corrected chi connectivity index (χ0v) is 31.6. The van der Waals surface area contributed by atoms with E-state index >= 15 is 0 Å². The summed E-state index contributed by atoms with van der Waals surface area (Å²) in [5, 5.41) is 2.40. The number of rotatable bonds is 8. The van der Waals surface area contributed by atoms with Gasteiger partial charge in [-0.2, -0.15) is 0 Å². The summed E-state index contributed by atoms with van der Waals surface area (Å²) in [4.78, 5) is 20.0. The molecule has 4 nitrogen and oxygen atoms in total. The Bertz CT molecular complexity index is 2680. The molecule has 0 spiro atoms. The SMILES string of the molecule is c1ccc(-c2cc(-c3ccc(-c4cccc5c(-c6ccc(-c7cc(-c8ccccc8)nc(-c8ccccc8)n7)cc6)cccc45)cc3)nc(-c3ccccc3)n2)cc1. The van der Waals surface area contributed by atoms with Crippen molar-refractivity contribution in [2.24, 2.45) is 0 Å². The van der Waals surface area contributed by atoms with Gasteiger partial charge in [0.1, 0.15) is 0 Å². The average molecular weight is 741 g/mol. The van der Waals surface area contributed by atoms with Gasteiger partial charge < -0.3 is 0 Å². The number of benzene rings is 8. The molecule has 10 aromatic rings. The van der Waals surface area contributed by atoms with Crippen LogP contribution >= 0.6 is 0 Å². The topological polar surface area (TPSA) is 51.6 Å². The van der Waals surface area contributed by atoms with Gasteiger partial charge in [0.25, 0.3) is 0 Å². The second kappa shape index (κ2) is 15.4. The van der Waals surface area contributed by atoms with Crippen LogP contribution in [0, 0.1) is 0 Å². The molecular weight excluding hydrogens is 705 g/mol. The van der Waals surface area contributed by atoms with Crippen molar-refractivity contribution in [3.8, 4) is 90.1 Å². The van der Waals surface area contributed by atoms with Crippen molar-refractivity contribution >= 4 is 10.8 Å². The molecule has 0 bridgehead atoms. The lowest BCUT2D eigenvalue weighted by atomic mass is 9.92. The van der Waals surface area contributed by atoms with E-state index in [4.69, 9.17) is 19.9 Å². The molecule has 58 heavy (non-hydrogen) atoms. The third kappa shape index (κ3) is 6.95. The van der Waals surface area contributed by atoms with Crippen LogP contribution in [0.1, 0.15) is 0 Å². The Hall–Kier alpha value is -7.82. The third-order valence-corrected chi connectivity index (χ3v) is 10.6. The summed E-state index contributed by atoms with van der Waals surface area (Å²) in [6, 6.07) is 75.8. The fourth-order valence-corrected chi connectivity index (χ4v) is 7.59. The van der Waals surface area contributed by atoms with Gasteiger partial charge in [-0.1, -0.05) is 206 Å². The van der Waals surface area contributed by atoms with Crippen LogP contribution in [0.4, 0.5) is 0 Å². The minimum absolute atomic E-state index is 0.710. The predicted octanol–water partition coefficient (Wildman–Crippen LogP) is 13.8. The van der Waals surface area contributed by atoms with Gasteiger partial charge in [-0.25, -0.2) is 19.9 Å². The first kappa shape index (κ1) is 34.7. The summed E-state index contributed by atoms with van der Waals surface area (Å²) in [5.74, 6) is 1.42. The second-order valence-corrected chi connectivity index (χ2v) is 14.2. The van der Waals surface area contributed by atoms with Crippen LogP contribution in [0.3, 0.4) is 0 Å². The summed E-state index contributed by atoms with van der Waals surface area (Å²) in [7, 11) is 0. The van der Waals surface area contributed by atoms with E-state index in [9.17, 15) is 0 Å². The van der Waals surface area contributed by atoms with Crippen LogP contribution in [0.15, 0.2) is 218 Å². The van der Waals surface area contributed by atoms with E-state index in [1.165, 1.54) is 21.9 Å². The minimum Gasteiger partial charge on any atom is -0.228 e. The number of fused-ring (bicyclic) bond motifs is 1. The summed E-state index contributed by atoms with van der Waals surface area (Å²) in [5.41, 5.74) is 14.4. The molecule has 0 amide bonds. The quantitative estimate of drug-likeness (QED) is 0.156. The summed E-state index contributed by atoms with van der Waals surface area (Å²) >= 11 is 0. The lowest BCUT2D eigenvalue weighted by molar-refractivity contribution is 1.18. The molecule has 0 fully saturated rings. The summed E-state index contributed by atoms with van der Waals surface area (Å²) < 4.78 is 0. The highest BCUT2D eigenvalue weighted by Gasteiger charge is 2.14. The van der Waals surface area contributed by atoms with Gasteiger partial charge in [0, 0.05) is 33.4 Å². The molecule has 4 heteroatoms. The largest absolute Gasteiger partial charge is 0.228 e. The summed E-state index contributed by atoms with van der Waals surface area (Å²) in [6.45, 7) is 0. The Balaban J connectivity index is 0.982. The van der Waals surface area contributed by atoms with E-state index < -0.39 is 0 Å². The molecule has 8 aromatic carbocycles. The molecule has 0 aliphatic carbocycles. The number of nitrogens with zero attached hydrogens (tertiary/aromatic N) is 4. The Morgan fingerprint density at radius 2 is 0.483 bits per heavy atom. The molecule has 2 heterocycles. The average Bonchev–Trinajstić information content (AvgIpc) is 3.32. The molecule has 272 valence electrons. The first-order chi connectivity index (χ1) is 28.7. The van der Waals surface area contributed by atoms with Crippen LogP contribution in [0.25, 0.3) is 101 Å². The first-order valence-electron chi connectivity index (χ1n) is 19.5. The van der Waals surface area contributed by atoms with Crippen LogP contribution in [-0.2, 0) is 0 Å². The molecule has 0 atom stereocenters. The van der Waals surface area contributed by atoms with E-state index in [2.05, 4.69) is 146 Å². The maximum atomic E-state index is 5.04. The van der Waals surface area contributed by atoms with E-state index in [0.717, 1.165) is 67.3 Å². The molecule has 0 saturated carbocycles.